The predicted octanol–water partition coefficient (Wildman–Crippen LogP) is -5.74. The first-order valence-corrected chi connectivity index (χ1v) is 12.4. The third kappa shape index (κ3) is 5.94. The standard InChI is InChI=1S/C19H31O15.Re/c1-29-18-14(27)12(25)17(9(5-22)31-18)34-19-15(28)13(26)16(8(4-21)32-19)33-10-2-6(23)11(24)7(3-20)30-10;/h2-3,6-19,21-28H,4-5H2,1H3;/t6-,7-,8-,9-,10+,11-,12-,13-,14-,15-,16-,17-,18-,19+;/m1./s1. The van der Waals surface area contributed by atoms with Crippen LogP contribution in [0.5, 0.6) is 0 Å². The molecule has 3 rings (SSSR count). The van der Waals surface area contributed by atoms with E-state index in [1.54, 1.807) is 0 Å². The molecule has 0 saturated carbocycles. The molecule has 0 unspecified atom stereocenters. The topological polar surface area (TPSA) is 234 Å². The summed E-state index contributed by atoms with van der Waals surface area (Å²) in [6.45, 7) is -1.39. The quantitative estimate of drug-likeness (QED) is 0.111. The first-order valence-electron chi connectivity index (χ1n) is 10.8. The second-order valence-corrected chi connectivity index (χ2v) is 10.2. The van der Waals surface area contributed by atoms with Gasteiger partial charge in [-0.15, -0.1) is 0 Å². The van der Waals surface area contributed by atoms with E-state index in [-0.39, 0.29) is 6.29 Å². The number of hydrogen-bond acceptors (Lipinski definition) is 15. The van der Waals surface area contributed by atoms with Gasteiger partial charge in [0.2, 0.25) is 0 Å². The third-order valence-electron chi connectivity index (χ3n) is 6.15. The van der Waals surface area contributed by atoms with Crippen molar-refractivity contribution in [2.75, 3.05) is 20.3 Å². The molecule has 16 heteroatoms. The fourth-order valence-corrected chi connectivity index (χ4v) is 5.09. The Morgan fingerprint density at radius 1 is 0.714 bits per heavy atom. The molecule has 0 aromatic heterocycles. The number of methoxy groups -OCH3 is 1. The molecular formula is C19H31O15Re. The van der Waals surface area contributed by atoms with E-state index < -0.39 is 104 Å². The van der Waals surface area contributed by atoms with Gasteiger partial charge in [-0.25, -0.2) is 0 Å². The molecule has 0 radical (unpaired) electrons. The van der Waals surface area contributed by atoms with Gasteiger partial charge >= 0.3 is 198 Å². The van der Waals surface area contributed by atoms with Gasteiger partial charge < -0.3 is 4.74 Å². The number of carbonyl (C=O) groups excluding carboxylic acids is 1. The van der Waals surface area contributed by atoms with Gasteiger partial charge in [0.25, 0.3) is 0 Å². The molecule has 0 aromatic carbocycles. The number of carbonyl (C=O) groups is 1. The Hall–Kier alpha value is -0.228. The third-order valence-corrected chi connectivity index (χ3v) is 7.82. The molecule has 0 bridgehead atoms. The van der Waals surface area contributed by atoms with E-state index in [4.69, 9.17) is 28.4 Å². The van der Waals surface area contributed by atoms with Crippen LogP contribution < -0.4 is 0 Å². The minimum atomic E-state index is -1.81. The fourth-order valence-electron chi connectivity index (χ4n) is 4.13. The van der Waals surface area contributed by atoms with E-state index in [9.17, 15) is 45.6 Å². The number of ether oxygens (including phenoxy) is 6. The molecule has 3 aliphatic rings. The Morgan fingerprint density at radius 3 is 1.69 bits per heavy atom. The van der Waals surface area contributed by atoms with Crippen molar-refractivity contribution in [3.63, 3.8) is 0 Å². The van der Waals surface area contributed by atoms with Crippen LogP contribution in [-0.4, -0.2) is 153 Å². The molecule has 3 aliphatic heterocycles. The second kappa shape index (κ2) is 12.5. The Morgan fingerprint density at radius 2 is 1.20 bits per heavy atom. The summed E-state index contributed by atoms with van der Waals surface area (Å²) in [4.78, 5) is 11.2. The molecule has 0 aliphatic carbocycles. The predicted molar refractivity (Wildman–Crippen MR) is 103 cm³/mol. The number of aliphatic hydroxyl groups excluding tert-OH is 8. The first-order chi connectivity index (χ1) is 16.6. The summed E-state index contributed by atoms with van der Waals surface area (Å²) in [7, 11) is 1.22. The average molecular weight is 686 g/mol. The van der Waals surface area contributed by atoms with Crippen LogP contribution in [0.2, 0.25) is 4.39 Å². The summed E-state index contributed by atoms with van der Waals surface area (Å²) in [5, 5.41) is 81.5. The first kappa shape index (κ1) is 29.3. The number of hydrogen-bond donors (Lipinski definition) is 8. The van der Waals surface area contributed by atoms with Gasteiger partial charge in [0.1, 0.15) is 0 Å². The molecule has 8 N–H and O–H groups in total. The van der Waals surface area contributed by atoms with Crippen LogP contribution >= 0.6 is 0 Å². The molecule has 35 heavy (non-hydrogen) atoms. The molecule has 0 spiro atoms. The molecule has 3 saturated heterocycles. The van der Waals surface area contributed by atoms with Crippen LogP contribution in [0.4, 0.5) is 0 Å². The number of aliphatic hydroxyl groups is 8. The van der Waals surface area contributed by atoms with E-state index in [1.807, 2.05) is 0 Å². The normalized spacial score (nSPS) is 51.2. The molecule has 3 heterocycles. The monoisotopic (exact) mass is 686 g/mol. The molecule has 15 nitrogen and oxygen atoms in total. The van der Waals surface area contributed by atoms with Gasteiger partial charge in [-0.3, -0.25) is 0 Å². The fraction of sp³-hybridized carbons (Fsp3) is 0.947. The van der Waals surface area contributed by atoms with Gasteiger partial charge in [-0.2, -0.15) is 0 Å². The maximum atomic E-state index is 11.2. The zero-order valence-corrected chi connectivity index (χ0v) is 21.2. The number of aldehydes is 1. The summed E-state index contributed by atoms with van der Waals surface area (Å²) in [5.74, 6) is 0. The van der Waals surface area contributed by atoms with Gasteiger partial charge in [0.15, 0.2) is 0 Å². The van der Waals surface area contributed by atoms with Crippen molar-refractivity contribution in [2.45, 2.75) is 90.4 Å². The second-order valence-electron chi connectivity index (χ2n) is 8.38. The summed E-state index contributed by atoms with van der Waals surface area (Å²) < 4.78 is 31.6. The molecular weight excluding hydrogens is 654 g/mol. The van der Waals surface area contributed by atoms with Crippen molar-refractivity contribution in [2.24, 2.45) is 0 Å². The summed E-state index contributed by atoms with van der Waals surface area (Å²) in [6, 6.07) is 0. The SMILES string of the molecule is CO[C@@H]1O[C@H](CO)[C@@H](O[C@@H]2O[C@H](CO)[C@@H](O[C@@H]3O[C@H](C=O)[C@H](O)[C@H](O)[C@H]3[Re])[C@H](O)[C@H]2O)[C@H](O)[C@H]1O. The van der Waals surface area contributed by atoms with Crippen LogP contribution in [-0.2, 0) is 52.4 Å². The summed E-state index contributed by atoms with van der Waals surface area (Å²) in [5.41, 5.74) is 0. The molecule has 204 valence electrons. The minimum absolute atomic E-state index is 0.288. The Labute approximate surface area is 210 Å². The summed E-state index contributed by atoms with van der Waals surface area (Å²) >= 11 is 0.980. The zero-order valence-electron chi connectivity index (χ0n) is 18.5. The van der Waals surface area contributed by atoms with Gasteiger partial charge in [0.05, 0.1) is 0 Å². The molecule has 0 aromatic rings. The molecule has 15 atom stereocenters. The van der Waals surface area contributed by atoms with Crippen molar-refractivity contribution in [1.29, 1.82) is 0 Å². The van der Waals surface area contributed by atoms with Crippen molar-refractivity contribution in [1.82, 2.24) is 0 Å². The van der Waals surface area contributed by atoms with Crippen molar-refractivity contribution >= 4 is 6.29 Å². The Balaban J connectivity index is 1.72. The van der Waals surface area contributed by atoms with E-state index >= 15 is 0 Å². The Bertz CT molecular complexity index is 685. The van der Waals surface area contributed by atoms with Crippen molar-refractivity contribution in [3.8, 4) is 0 Å². The molecule has 0 amide bonds. The molecule has 3 fully saturated rings. The maximum absolute atomic E-state index is 11.2. The van der Waals surface area contributed by atoms with Crippen molar-refractivity contribution in [3.05, 3.63) is 0 Å². The van der Waals surface area contributed by atoms with Crippen LogP contribution in [0.3, 0.4) is 0 Å². The van der Waals surface area contributed by atoms with E-state index in [0.717, 1.165) is 19.2 Å². The van der Waals surface area contributed by atoms with Gasteiger partial charge in [0, 0.05) is 7.11 Å². The van der Waals surface area contributed by atoms with Crippen LogP contribution in [0.1, 0.15) is 0 Å². The summed E-state index contributed by atoms with van der Waals surface area (Å²) in [6.07, 6.45) is -20.3. The van der Waals surface area contributed by atoms with E-state index in [0.29, 0.717) is 0 Å². The zero-order chi connectivity index (χ0) is 26.0. The Kier molecular flexibility index (Phi) is 10.5. The van der Waals surface area contributed by atoms with E-state index in [1.165, 1.54) is 7.11 Å². The van der Waals surface area contributed by atoms with Crippen LogP contribution in [0.15, 0.2) is 0 Å². The average Bonchev–Trinajstić information content (AvgIpc) is 2.86. The van der Waals surface area contributed by atoms with Crippen molar-refractivity contribution < 1.29 is 93.3 Å². The van der Waals surface area contributed by atoms with Gasteiger partial charge in [-0.05, 0) is 0 Å². The van der Waals surface area contributed by atoms with Crippen LogP contribution in [0.25, 0.3) is 0 Å². The van der Waals surface area contributed by atoms with E-state index in [2.05, 4.69) is 0 Å². The number of rotatable bonds is 8. The van der Waals surface area contributed by atoms with Gasteiger partial charge in [-0.1, -0.05) is 0 Å². The van der Waals surface area contributed by atoms with Crippen LogP contribution in [0, 0.1) is 0 Å².